The first-order chi connectivity index (χ1) is 9.63. The molecular formula is C16H19F2NS. The minimum atomic E-state index is -0.494. The third-order valence-corrected chi connectivity index (χ3v) is 4.33. The van der Waals surface area contributed by atoms with E-state index in [0.29, 0.717) is 0 Å². The first-order valence-electron chi connectivity index (χ1n) is 6.86. The molecule has 108 valence electrons. The van der Waals surface area contributed by atoms with Gasteiger partial charge in [-0.2, -0.15) is 0 Å². The molecule has 4 heteroatoms. The average Bonchev–Trinajstić information content (AvgIpc) is 2.91. The lowest BCUT2D eigenvalue weighted by Crippen LogP contribution is -2.25. The van der Waals surface area contributed by atoms with E-state index in [1.807, 2.05) is 11.4 Å². The monoisotopic (exact) mass is 295 g/mol. The van der Waals surface area contributed by atoms with E-state index >= 15 is 0 Å². The lowest BCUT2D eigenvalue weighted by molar-refractivity contribution is 0.418. The molecule has 0 saturated heterocycles. The Morgan fingerprint density at radius 3 is 2.40 bits per heavy atom. The van der Waals surface area contributed by atoms with Crippen LogP contribution in [-0.2, 0) is 0 Å². The molecule has 0 saturated carbocycles. The zero-order chi connectivity index (χ0) is 14.5. The Labute approximate surface area is 122 Å². The van der Waals surface area contributed by atoms with Crippen molar-refractivity contribution in [3.8, 4) is 0 Å². The SMILES string of the molecule is CCCC(NC(C)c1c(F)cccc1F)c1cccs1. The van der Waals surface area contributed by atoms with Crippen LogP contribution in [0, 0.1) is 11.6 Å². The van der Waals surface area contributed by atoms with Gasteiger partial charge in [-0.25, -0.2) is 8.78 Å². The van der Waals surface area contributed by atoms with Crippen LogP contribution in [0.5, 0.6) is 0 Å². The number of benzene rings is 1. The molecule has 0 radical (unpaired) electrons. The lowest BCUT2D eigenvalue weighted by Gasteiger charge is -2.23. The molecule has 1 heterocycles. The maximum atomic E-state index is 13.8. The van der Waals surface area contributed by atoms with Gasteiger partial charge in [0.2, 0.25) is 0 Å². The minimum absolute atomic E-state index is 0.116. The predicted molar refractivity (Wildman–Crippen MR) is 79.9 cm³/mol. The second-order valence-corrected chi connectivity index (χ2v) is 5.86. The summed E-state index contributed by atoms with van der Waals surface area (Å²) in [6.07, 6.45) is 1.96. The highest BCUT2D eigenvalue weighted by atomic mass is 32.1. The summed E-state index contributed by atoms with van der Waals surface area (Å²) < 4.78 is 27.6. The molecule has 1 nitrogen and oxygen atoms in total. The molecule has 20 heavy (non-hydrogen) atoms. The van der Waals surface area contributed by atoms with Crippen molar-refractivity contribution in [2.24, 2.45) is 0 Å². The van der Waals surface area contributed by atoms with Crippen molar-refractivity contribution in [1.29, 1.82) is 0 Å². The van der Waals surface area contributed by atoms with Gasteiger partial charge in [-0.15, -0.1) is 11.3 Å². The number of hydrogen-bond acceptors (Lipinski definition) is 2. The Bertz CT molecular complexity index is 519. The van der Waals surface area contributed by atoms with Crippen LogP contribution in [-0.4, -0.2) is 0 Å². The van der Waals surface area contributed by atoms with Crippen LogP contribution in [0.1, 0.15) is 49.2 Å². The Morgan fingerprint density at radius 1 is 1.15 bits per heavy atom. The number of rotatable bonds is 6. The van der Waals surface area contributed by atoms with Gasteiger partial charge < -0.3 is 5.32 Å². The van der Waals surface area contributed by atoms with E-state index in [0.717, 1.165) is 12.8 Å². The van der Waals surface area contributed by atoms with E-state index in [-0.39, 0.29) is 17.6 Å². The smallest absolute Gasteiger partial charge is 0.130 e. The third-order valence-electron chi connectivity index (χ3n) is 3.35. The predicted octanol–water partition coefficient (Wildman–Crippen LogP) is 5.22. The minimum Gasteiger partial charge on any atom is -0.302 e. The van der Waals surface area contributed by atoms with Crippen molar-refractivity contribution in [1.82, 2.24) is 5.32 Å². The number of hydrogen-bond donors (Lipinski definition) is 1. The Kier molecular flexibility index (Phi) is 5.26. The number of nitrogens with one attached hydrogen (secondary N) is 1. The second-order valence-electron chi connectivity index (χ2n) is 4.88. The molecule has 0 aliphatic rings. The largest absolute Gasteiger partial charge is 0.302 e. The molecule has 0 aliphatic heterocycles. The molecular weight excluding hydrogens is 276 g/mol. The van der Waals surface area contributed by atoms with E-state index in [4.69, 9.17) is 0 Å². The van der Waals surface area contributed by atoms with Crippen LogP contribution >= 0.6 is 11.3 Å². The van der Waals surface area contributed by atoms with E-state index in [9.17, 15) is 8.78 Å². The van der Waals surface area contributed by atoms with Crippen molar-refractivity contribution >= 4 is 11.3 Å². The van der Waals surface area contributed by atoms with Gasteiger partial charge in [-0.05, 0) is 36.9 Å². The molecule has 1 aromatic carbocycles. The lowest BCUT2D eigenvalue weighted by atomic mass is 10.0. The van der Waals surface area contributed by atoms with Gasteiger partial charge in [0, 0.05) is 22.5 Å². The van der Waals surface area contributed by atoms with Crippen LogP contribution < -0.4 is 5.32 Å². The number of thiophene rings is 1. The summed E-state index contributed by atoms with van der Waals surface area (Å²) in [4.78, 5) is 1.20. The van der Waals surface area contributed by atoms with Gasteiger partial charge >= 0.3 is 0 Å². The Balaban J connectivity index is 2.18. The first-order valence-corrected chi connectivity index (χ1v) is 7.74. The van der Waals surface area contributed by atoms with E-state index in [1.165, 1.54) is 23.1 Å². The van der Waals surface area contributed by atoms with Crippen LogP contribution in [0.15, 0.2) is 35.7 Å². The average molecular weight is 295 g/mol. The van der Waals surface area contributed by atoms with Crippen molar-refractivity contribution in [3.63, 3.8) is 0 Å². The van der Waals surface area contributed by atoms with Crippen LogP contribution in [0.4, 0.5) is 8.78 Å². The van der Waals surface area contributed by atoms with Gasteiger partial charge in [0.15, 0.2) is 0 Å². The summed E-state index contributed by atoms with van der Waals surface area (Å²) in [6, 6.07) is 7.82. The molecule has 2 rings (SSSR count). The molecule has 2 aromatic rings. The van der Waals surface area contributed by atoms with Gasteiger partial charge in [0.25, 0.3) is 0 Å². The second kappa shape index (κ2) is 6.95. The van der Waals surface area contributed by atoms with Crippen molar-refractivity contribution in [2.45, 2.75) is 38.8 Å². The van der Waals surface area contributed by atoms with Crippen molar-refractivity contribution < 1.29 is 8.78 Å². The van der Waals surface area contributed by atoms with Crippen LogP contribution in [0.2, 0.25) is 0 Å². The maximum absolute atomic E-state index is 13.8. The summed E-state index contributed by atoms with van der Waals surface area (Å²) >= 11 is 1.67. The van der Waals surface area contributed by atoms with Gasteiger partial charge in [0.05, 0.1) is 0 Å². The van der Waals surface area contributed by atoms with Gasteiger partial charge in [-0.1, -0.05) is 25.5 Å². The summed E-state index contributed by atoms with van der Waals surface area (Å²) in [5, 5.41) is 5.37. The zero-order valence-electron chi connectivity index (χ0n) is 11.7. The van der Waals surface area contributed by atoms with E-state index in [2.05, 4.69) is 18.3 Å². The fourth-order valence-electron chi connectivity index (χ4n) is 2.40. The van der Waals surface area contributed by atoms with Crippen LogP contribution in [0.25, 0.3) is 0 Å². The summed E-state index contributed by atoms with van der Waals surface area (Å²) in [7, 11) is 0. The molecule has 0 amide bonds. The fraction of sp³-hybridized carbons (Fsp3) is 0.375. The van der Waals surface area contributed by atoms with Gasteiger partial charge in [0.1, 0.15) is 11.6 Å². The molecule has 1 aromatic heterocycles. The molecule has 2 unspecified atom stereocenters. The Hall–Kier alpha value is -1.26. The first kappa shape index (κ1) is 15.1. The highest BCUT2D eigenvalue weighted by Gasteiger charge is 2.20. The summed E-state index contributed by atoms with van der Waals surface area (Å²) in [6.45, 7) is 3.91. The standard InChI is InChI=1S/C16H19F2NS/c1-3-6-14(15-9-5-10-20-15)19-11(2)16-12(17)7-4-8-13(16)18/h4-5,7-11,14,19H,3,6H2,1-2H3. The maximum Gasteiger partial charge on any atom is 0.130 e. The molecule has 0 spiro atoms. The fourth-order valence-corrected chi connectivity index (χ4v) is 3.22. The normalized spacial score (nSPS) is 14.2. The molecule has 1 N–H and O–H groups in total. The van der Waals surface area contributed by atoms with Crippen LogP contribution in [0.3, 0.4) is 0 Å². The molecule has 0 fully saturated rings. The summed E-state index contributed by atoms with van der Waals surface area (Å²) in [5.74, 6) is -0.988. The van der Waals surface area contributed by atoms with Crippen molar-refractivity contribution in [2.75, 3.05) is 0 Å². The highest BCUT2D eigenvalue weighted by Crippen LogP contribution is 2.28. The van der Waals surface area contributed by atoms with Gasteiger partial charge in [-0.3, -0.25) is 0 Å². The number of halogens is 2. The zero-order valence-corrected chi connectivity index (χ0v) is 12.5. The summed E-state index contributed by atoms with van der Waals surface area (Å²) in [5.41, 5.74) is 0.116. The quantitative estimate of drug-likeness (QED) is 0.770. The molecule has 0 bridgehead atoms. The Morgan fingerprint density at radius 2 is 1.85 bits per heavy atom. The van der Waals surface area contributed by atoms with E-state index < -0.39 is 11.6 Å². The molecule has 2 atom stereocenters. The third kappa shape index (κ3) is 3.44. The van der Waals surface area contributed by atoms with Crippen molar-refractivity contribution in [3.05, 3.63) is 57.8 Å². The molecule has 0 aliphatic carbocycles. The van der Waals surface area contributed by atoms with E-state index in [1.54, 1.807) is 18.3 Å². The topological polar surface area (TPSA) is 12.0 Å². The highest BCUT2D eigenvalue weighted by molar-refractivity contribution is 7.10.